The molecule has 0 bridgehead atoms. The monoisotopic (exact) mass is 332 g/mol. The fourth-order valence-electron chi connectivity index (χ4n) is 1.36. The molecule has 2 heterocycles. The van der Waals surface area contributed by atoms with Crippen LogP contribution in [-0.4, -0.2) is 31.5 Å². The van der Waals surface area contributed by atoms with Crippen LogP contribution in [0.3, 0.4) is 0 Å². The lowest BCUT2D eigenvalue weighted by Gasteiger charge is -2.06. The van der Waals surface area contributed by atoms with Gasteiger partial charge in [-0.25, -0.2) is 23.1 Å². The summed E-state index contributed by atoms with van der Waals surface area (Å²) in [5.41, 5.74) is 0.964. The summed E-state index contributed by atoms with van der Waals surface area (Å²) in [5.74, 6) is 0.467. The van der Waals surface area contributed by atoms with E-state index >= 15 is 0 Å². The van der Waals surface area contributed by atoms with E-state index in [0.29, 0.717) is 16.8 Å². The Kier molecular flexibility index (Phi) is 4.92. The molecule has 2 rings (SSSR count). The Morgan fingerprint density at radius 2 is 1.95 bits per heavy atom. The van der Waals surface area contributed by atoms with Crippen molar-refractivity contribution in [2.45, 2.75) is 11.1 Å². The zero-order valence-electron chi connectivity index (χ0n) is 10.6. The smallest absolute Gasteiger partial charge is 0.250 e. The van der Waals surface area contributed by atoms with Gasteiger partial charge in [0.2, 0.25) is 16.0 Å². The van der Waals surface area contributed by atoms with Crippen molar-refractivity contribution in [1.29, 1.82) is 0 Å². The van der Waals surface area contributed by atoms with Crippen LogP contribution in [0.2, 0.25) is 4.34 Å². The largest absolute Gasteiger partial charge is 0.353 e. The minimum absolute atomic E-state index is 0.203. The molecule has 0 aromatic carbocycles. The first-order valence-corrected chi connectivity index (χ1v) is 8.43. The van der Waals surface area contributed by atoms with Gasteiger partial charge < -0.3 is 5.32 Å². The molecule has 0 unspecified atom stereocenters. The van der Waals surface area contributed by atoms with E-state index in [1.165, 1.54) is 6.07 Å². The average molecular weight is 333 g/mol. The first-order chi connectivity index (χ1) is 9.47. The topological polar surface area (TPSA) is 84.0 Å². The van der Waals surface area contributed by atoms with Crippen LogP contribution in [0.15, 0.2) is 28.7 Å². The SMILES string of the molecule is Cc1cnc(NCCNS(=O)(=O)c2ccc(Cl)s2)nc1. The molecule has 6 nitrogen and oxygen atoms in total. The standard InChI is InChI=1S/C11H13ClN4O2S2/c1-8-6-14-11(15-7-8)13-4-5-16-20(17,18)10-3-2-9(12)19-10/h2-3,6-7,16H,4-5H2,1H3,(H,13,14,15). The van der Waals surface area contributed by atoms with Gasteiger partial charge in [-0.1, -0.05) is 11.6 Å². The fraction of sp³-hybridized carbons (Fsp3) is 0.273. The molecular formula is C11H13ClN4O2S2. The second-order valence-electron chi connectivity index (χ2n) is 3.97. The molecule has 2 aromatic heterocycles. The minimum Gasteiger partial charge on any atom is -0.353 e. The number of hydrogen-bond acceptors (Lipinski definition) is 6. The molecule has 108 valence electrons. The van der Waals surface area contributed by atoms with Gasteiger partial charge in [0.25, 0.3) is 0 Å². The van der Waals surface area contributed by atoms with Gasteiger partial charge in [-0.15, -0.1) is 11.3 Å². The van der Waals surface area contributed by atoms with Crippen molar-refractivity contribution in [3.8, 4) is 0 Å². The van der Waals surface area contributed by atoms with E-state index < -0.39 is 10.0 Å². The Morgan fingerprint density at radius 3 is 2.55 bits per heavy atom. The maximum absolute atomic E-state index is 11.9. The fourth-order valence-corrected chi connectivity index (χ4v) is 3.92. The molecule has 0 aliphatic heterocycles. The summed E-state index contributed by atoms with van der Waals surface area (Å²) < 4.78 is 26.9. The zero-order valence-corrected chi connectivity index (χ0v) is 13.0. The number of nitrogens with zero attached hydrogens (tertiary/aromatic N) is 2. The molecule has 0 fully saturated rings. The molecule has 20 heavy (non-hydrogen) atoms. The highest BCUT2D eigenvalue weighted by molar-refractivity contribution is 7.91. The van der Waals surface area contributed by atoms with Crippen molar-refractivity contribution in [3.63, 3.8) is 0 Å². The molecule has 0 saturated heterocycles. The van der Waals surface area contributed by atoms with Crippen molar-refractivity contribution >= 4 is 38.9 Å². The van der Waals surface area contributed by atoms with Crippen LogP contribution in [-0.2, 0) is 10.0 Å². The Morgan fingerprint density at radius 1 is 1.25 bits per heavy atom. The Bertz CT molecular complexity index is 670. The average Bonchev–Trinajstić information content (AvgIpc) is 2.84. The number of sulfonamides is 1. The molecule has 2 N–H and O–H groups in total. The van der Waals surface area contributed by atoms with Crippen LogP contribution in [0, 0.1) is 6.92 Å². The van der Waals surface area contributed by atoms with Gasteiger partial charge in [-0.3, -0.25) is 0 Å². The summed E-state index contributed by atoms with van der Waals surface area (Å²) in [6.07, 6.45) is 3.38. The number of rotatable bonds is 6. The van der Waals surface area contributed by atoms with Crippen LogP contribution < -0.4 is 10.0 Å². The highest BCUT2D eigenvalue weighted by atomic mass is 35.5. The van der Waals surface area contributed by atoms with E-state index in [2.05, 4.69) is 20.0 Å². The summed E-state index contributed by atoms with van der Waals surface area (Å²) in [6.45, 7) is 2.51. The molecule has 0 spiro atoms. The summed E-state index contributed by atoms with van der Waals surface area (Å²) >= 11 is 6.74. The predicted octanol–water partition coefficient (Wildman–Crippen LogP) is 1.89. The Labute approximate surface area is 126 Å². The number of aryl methyl sites for hydroxylation is 1. The molecular weight excluding hydrogens is 320 g/mol. The van der Waals surface area contributed by atoms with E-state index in [4.69, 9.17) is 11.6 Å². The molecule has 9 heteroatoms. The number of hydrogen-bond donors (Lipinski definition) is 2. The lowest BCUT2D eigenvalue weighted by atomic mass is 10.4. The normalized spacial score (nSPS) is 11.5. The Balaban J connectivity index is 1.82. The van der Waals surface area contributed by atoms with Crippen LogP contribution in [0.25, 0.3) is 0 Å². The third kappa shape index (κ3) is 4.14. The van der Waals surface area contributed by atoms with Gasteiger partial charge in [-0.05, 0) is 24.6 Å². The number of aromatic nitrogens is 2. The molecule has 0 amide bonds. The van der Waals surface area contributed by atoms with Crippen molar-refractivity contribution in [2.75, 3.05) is 18.4 Å². The van der Waals surface area contributed by atoms with Crippen molar-refractivity contribution in [1.82, 2.24) is 14.7 Å². The van der Waals surface area contributed by atoms with Gasteiger partial charge in [-0.2, -0.15) is 0 Å². The number of nitrogens with one attached hydrogen (secondary N) is 2. The third-order valence-corrected chi connectivity index (χ3v) is 5.48. The van der Waals surface area contributed by atoms with Crippen LogP contribution in [0.4, 0.5) is 5.95 Å². The van der Waals surface area contributed by atoms with Crippen molar-refractivity contribution in [2.24, 2.45) is 0 Å². The van der Waals surface area contributed by atoms with E-state index in [-0.39, 0.29) is 10.8 Å². The highest BCUT2D eigenvalue weighted by Gasteiger charge is 2.15. The molecule has 0 radical (unpaired) electrons. The first-order valence-electron chi connectivity index (χ1n) is 5.75. The van der Waals surface area contributed by atoms with Crippen LogP contribution >= 0.6 is 22.9 Å². The van der Waals surface area contributed by atoms with Crippen LogP contribution in [0.5, 0.6) is 0 Å². The maximum atomic E-state index is 11.9. The zero-order chi connectivity index (χ0) is 14.6. The minimum atomic E-state index is -3.50. The van der Waals surface area contributed by atoms with Gasteiger partial charge in [0.15, 0.2) is 0 Å². The number of thiophene rings is 1. The number of halogens is 1. The highest BCUT2D eigenvalue weighted by Crippen LogP contribution is 2.25. The molecule has 0 saturated carbocycles. The van der Waals surface area contributed by atoms with Gasteiger partial charge in [0.1, 0.15) is 4.21 Å². The predicted molar refractivity (Wildman–Crippen MR) is 79.8 cm³/mol. The lowest BCUT2D eigenvalue weighted by molar-refractivity contribution is 0.585. The van der Waals surface area contributed by atoms with E-state index in [1.54, 1.807) is 18.5 Å². The quantitative estimate of drug-likeness (QED) is 0.789. The van der Waals surface area contributed by atoms with E-state index in [9.17, 15) is 8.42 Å². The lowest BCUT2D eigenvalue weighted by Crippen LogP contribution is -2.28. The second kappa shape index (κ2) is 6.49. The summed E-state index contributed by atoms with van der Waals surface area (Å²) in [5, 5.41) is 2.93. The van der Waals surface area contributed by atoms with Crippen LogP contribution in [0.1, 0.15) is 5.56 Å². The molecule has 0 aliphatic carbocycles. The third-order valence-electron chi connectivity index (χ3n) is 2.29. The molecule has 0 atom stereocenters. The summed E-state index contributed by atoms with van der Waals surface area (Å²) in [4.78, 5) is 8.12. The van der Waals surface area contributed by atoms with Crippen molar-refractivity contribution in [3.05, 3.63) is 34.4 Å². The van der Waals surface area contributed by atoms with E-state index in [1.807, 2.05) is 6.92 Å². The first kappa shape index (κ1) is 15.2. The Hall–Kier alpha value is -1.22. The maximum Gasteiger partial charge on any atom is 0.250 e. The number of anilines is 1. The molecule has 2 aromatic rings. The van der Waals surface area contributed by atoms with Crippen molar-refractivity contribution < 1.29 is 8.42 Å². The summed E-state index contributed by atoms with van der Waals surface area (Å²) in [6, 6.07) is 3.03. The molecule has 0 aliphatic rings. The van der Waals surface area contributed by atoms with Gasteiger partial charge >= 0.3 is 0 Å². The van der Waals surface area contributed by atoms with E-state index in [0.717, 1.165) is 16.9 Å². The summed E-state index contributed by atoms with van der Waals surface area (Å²) in [7, 11) is -3.50. The van der Waals surface area contributed by atoms with Gasteiger partial charge in [0.05, 0.1) is 4.34 Å². The van der Waals surface area contributed by atoms with Gasteiger partial charge in [0, 0.05) is 25.5 Å². The second-order valence-corrected chi connectivity index (χ2v) is 7.68.